The number of likely N-dealkylation sites (tertiary alicyclic amines) is 1. The molecule has 4 aromatic heterocycles. The fraction of sp³-hybridized carbons (Fsp3) is 0.348. The van der Waals surface area contributed by atoms with Crippen molar-refractivity contribution in [1.82, 2.24) is 29.3 Å². The van der Waals surface area contributed by atoms with Crippen LogP contribution in [0.5, 0.6) is 0 Å². The maximum atomic E-state index is 13.1. The van der Waals surface area contributed by atoms with Crippen molar-refractivity contribution in [2.24, 2.45) is 13.0 Å². The lowest BCUT2D eigenvalue weighted by Crippen LogP contribution is -2.37. The summed E-state index contributed by atoms with van der Waals surface area (Å²) in [5.41, 5.74) is 3.18. The Morgan fingerprint density at radius 2 is 1.94 bits per heavy atom. The molecule has 1 aliphatic heterocycles. The maximum absolute atomic E-state index is 13.1. The first kappa shape index (κ1) is 22.2. The first-order chi connectivity index (χ1) is 16.3. The highest BCUT2D eigenvalue weighted by Crippen LogP contribution is 2.31. The largest absolute Gasteiger partial charge is 0.323 e. The van der Waals surface area contributed by atoms with E-state index in [2.05, 4.69) is 37.6 Å². The van der Waals surface area contributed by atoms with E-state index in [1.165, 1.54) is 11.3 Å². The molecule has 176 valence electrons. The average Bonchev–Trinajstić information content (AvgIpc) is 3.54. The van der Waals surface area contributed by atoms with E-state index in [0.29, 0.717) is 28.6 Å². The Labute approximate surface area is 200 Å². The Morgan fingerprint density at radius 3 is 2.65 bits per heavy atom. The van der Waals surface area contributed by atoms with Crippen molar-refractivity contribution in [3.8, 4) is 10.4 Å². The number of hydrogen-bond acceptors (Lipinski definition) is 7. The number of carbonyl (C=O) groups is 2. The Bertz CT molecular complexity index is 1390. The van der Waals surface area contributed by atoms with Gasteiger partial charge in [-0.05, 0) is 32.4 Å². The Morgan fingerprint density at radius 1 is 1.12 bits per heavy atom. The van der Waals surface area contributed by atoms with E-state index in [1.807, 2.05) is 33.4 Å². The molecule has 0 aliphatic carbocycles. The number of thiazole rings is 1. The van der Waals surface area contributed by atoms with Crippen molar-refractivity contribution in [1.29, 1.82) is 0 Å². The summed E-state index contributed by atoms with van der Waals surface area (Å²) in [5, 5.41) is 14.4. The zero-order valence-corrected chi connectivity index (χ0v) is 20.3. The molecule has 0 saturated carbocycles. The highest BCUT2D eigenvalue weighted by molar-refractivity contribution is 7.21. The fourth-order valence-corrected chi connectivity index (χ4v) is 5.36. The monoisotopic (exact) mass is 478 g/mol. The van der Waals surface area contributed by atoms with Gasteiger partial charge in [-0.1, -0.05) is 6.92 Å². The molecule has 2 amide bonds. The van der Waals surface area contributed by atoms with Crippen LogP contribution < -0.4 is 10.6 Å². The van der Waals surface area contributed by atoms with Gasteiger partial charge in [-0.15, -0.1) is 11.3 Å². The number of rotatable bonds is 5. The number of aryl methyl sites for hydroxylation is 2. The number of nitrogens with zero attached hydrogens (tertiary/aromatic N) is 6. The minimum absolute atomic E-state index is 0.0605. The molecule has 2 N–H and O–H groups in total. The number of pyridine rings is 1. The molecule has 0 spiro atoms. The minimum atomic E-state index is -0.285. The first-order valence-corrected chi connectivity index (χ1v) is 11.9. The molecular weight excluding hydrogens is 452 g/mol. The van der Waals surface area contributed by atoms with Crippen LogP contribution in [0.25, 0.3) is 15.3 Å². The number of anilines is 2. The van der Waals surface area contributed by atoms with Crippen LogP contribution in [0.4, 0.5) is 11.4 Å². The average molecular weight is 479 g/mol. The van der Waals surface area contributed by atoms with Gasteiger partial charge in [0.25, 0.3) is 5.91 Å². The Kier molecular flexibility index (Phi) is 5.66. The highest BCUT2D eigenvalue weighted by atomic mass is 32.1. The van der Waals surface area contributed by atoms with E-state index in [0.717, 1.165) is 28.2 Å². The van der Waals surface area contributed by atoms with Crippen LogP contribution in [0.3, 0.4) is 0 Å². The van der Waals surface area contributed by atoms with Crippen molar-refractivity contribution < 1.29 is 9.59 Å². The molecule has 11 heteroatoms. The van der Waals surface area contributed by atoms with E-state index >= 15 is 0 Å². The Balaban J connectivity index is 1.34. The lowest BCUT2D eigenvalue weighted by atomic mass is 10.1. The SMILES string of the molecule is Cc1ncc(NC(=O)[C@@H]2C[C@@H](C)CN2C)cc1NC(=O)c1cnn2cc(-c3cnn(C)c3)sc12. The third-order valence-electron chi connectivity index (χ3n) is 6.09. The number of nitrogens with one attached hydrogen (secondary N) is 2. The van der Waals surface area contributed by atoms with Gasteiger partial charge in [0.1, 0.15) is 4.83 Å². The molecule has 0 radical (unpaired) electrons. The first-order valence-electron chi connectivity index (χ1n) is 11.0. The van der Waals surface area contributed by atoms with E-state index in [4.69, 9.17) is 0 Å². The van der Waals surface area contributed by atoms with E-state index in [9.17, 15) is 9.59 Å². The number of carbonyl (C=O) groups excluding carboxylic acids is 2. The van der Waals surface area contributed by atoms with Crippen molar-refractivity contribution in [2.45, 2.75) is 26.3 Å². The minimum Gasteiger partial charge on any atom is -0.323 e. The molecule has 1 fully saturated rings. The third-order valence-corrected chi connectivity index (χ3v) is 7.25. The van der Waals surface area contributed by atoms with Crippen LogP contribution in [0.2, 0.25) is 0 Å². The van der Waals surface area contributed by atoms with Gasteiger partial charge in [-0.2, -0.15) is 10.2 Å². The summed E-state index contributed by atoms with van der Waals surface area (Å²) in [7, 11) is 3.82. The molecule has 0 unspecified atom stereocenters. The summed E-state index contributed by atoms with van der Waals surface area (Å²) in [6.45, 7) is 4.86. The molecule has 5 heterocycles. The zero-order chi connectivity index (χ0) is 24.0. The molecule has 2 atom stereocenters. The number of aromatic nitrogens is 5. The van der Waals surface area contributed by atoms with Crippen LogP contribution >= 0.6 is 11.3 Å². The Hall–Kier alpha value is -3.57. The van der Waals surface area contributed by atoms with Crippen molar-refractivity contribution >= 4 is 39.4 Å². The summed E-state index contributed by atoms with van der Waals surface area (Å²) in [6, 6.07) is 1.58. The molecule has 10 nitrogen and oxygen atoms in total. The van der Waals surface area contributed by atoms with Gasteiger partial charge >= 0.3 is 0 Å². The molecule has 1 aliphatic rings. The second-order valence-electron chi connectivity index (χ2n) is 8.90. The third kappa shape index (κ3) is 4.19. The molecule has 0 aromatic carbocycles. The lowest BCUT2D eigenvalue weighted by molar-refractivity contribution is -0.119. The summed E-state index contributed by atoms with van der Waals surface area (Å²) in [5.74, 6) is 0.137. The number of fused-ring (bicyclic) bond motifs is 1. The van der Waals surface area contributed by atoms with Gasteiger partial charge in [0.15, 0.2) is 0 Å². The second kappa shape index (κ2) is 8.65. The van der Waals surface area contributed by atoms with E-state index in [-0.39, 0.29) is 17.9 Å². The molecule has 0 bridgehead atoms. The van der Waals surface area contributed by atoms with Gasteiger partial charge in [-0.3, -0.25) is 24.2 Å². The molecule has 4 aromatic rings. The predicted octanol–water partition coefficient (Wildman–Crippen LogP) is 3.03. The van der Waals surface area contributed by atoms with Crippen molar-refractivity contribution in [3.05, 3.63) is 48.3 Å². The number of amides is 2. The standard InChI is InChI=1S/C23H26N8O2S/c1-13-5-19(29(3)10-13)22(33)27-16-6-18(14(2)24-8-16)28-21(32)17-9-26-31-12-20(34-23(17)31)15-7-25-30(4)11-15/h6-9,11-13,19H,5,10H2,1-4H3,(H,27,33)(H,28,32)/t13-,19+/m1/s1. The van der Waals surface area contributed by atoms with Gasteiger partial charge in [0.2, 0.25) is 5.91 Å². The second-order valence-corrected chi connectivity index (χ2v) is 9.93. The normalized spacial score (nSPS) is 18.5. The summed E-state index contributed by atoms with van der Waals surface area (Å²) >= 11 is 1.48. The van der Waals surface area contributed by atoms with Crippen LogP contribution in [-0.4, -0.2) is 60.7 Å². The summed E-state index contributed by atoms with van der Waals surface area (Å²) in [4.78, 5) is 34.0. The van der Waals surface area contributed by atoms with Crippen molar-refractivity contribution in [2.75, 3.05) is 24.2 Å². The van der Waals surface area contributed by atoms with Crippen LogP contribution in [-0.2, 0) is 11.8 Å². The van der Waals surface area contributed by atoms with E-state index in [1.54, 1.807) is 33.9 Å². The lowest BCUT2D eigenvalue weighted by Gasteiger charge is -2.19. The van der Waals surface area contributed by atoms with Gasteiger partial charge < -0.3 is 10.6 Å². The molecule has 1 saturated heterocycles. The topological polar surface area (TPSA) is 109 Å². The van der Waals surface area contributed by atoms with Crippen LogP contribution in [0.1, 0.15) is 29.4 Å². The molecule has 34 heavy (non-hydrogen) atoms. The van der Waals surface area contributed by atoms with Gasteiger partial charge in [0.05, 0.1) is 52.1 Å². The highest BCUT2D eigenvalue weighted by Gasteiger charge is 2.32. The number of likely N-dealkylation sites (N-methyl/N-ethyl adjacent to an activating group) is 1. The predicted molar refractivity (Wildman–Crippen MR) is 131 cm³/mol. The van der Waals surface area contributed by atoms with Gasteiger partial charge in [0, 0.05) is 31.5 Å². The fourth-order valence-electron chi connectivity index (χ4n) is 4.33. The van der Waals surface area contributed by atoms with E-state index < -0.39 is 0 Å². The summed E-state index contributed by atoms with van der Waals surface area (Å²) < 4.78 is 3.43. The quantitative estimate of drug-likeness (QED) is 0.456. The number of hydrogen-bond donors (Lipinski definition) is 2. The van der Waals surface area contributed by atoms with Gasteiger partial charge in [-0.25, -0.2) is 4.52 Å². The van der Waals surface area contributed by atoms with Crippen molar-refractivity contribution in [3.63, 3.8) is 0 Å². The zero-order valence-electron chi connectivity index (χ0n) is 19.4. The summed E-state index contributed by atoms with van der Waals surface area (Å²) in [6.07, 6.45) is 9.58. The van der Waals surface area contributed by atoms with Crippen LogP contribution in [0.15, 0.2) is 37.1 Å². The molecular formula is C23H26N8O2S. The maximum Gasteiger partial charge on any atom is 0.260 e. The molecule has 5 rings (SSSR count). The van der Waals surface area contributed by atoms with Crippen LogP contribution in [0, 0.1) is 12.8 Å². The smallest absolute Gasteiger partial charge is 0.260 e.